The van der Waals surface area contributed by atoms with Gasteiger partial charge in [0.2, 0.25) is 8.32 Å². The monoisotopic (exact) mass is 384 g/mol. The third kappa shape index (κ3) is 20.0. The first-order valence-corrected chi connectivity index (χ1v) is 15.0. The number of carbonyl (C=O) groups excluding carboxylic acids is 1. The molecule has 1 atom stereocenters. The van der Waals surface area contributed by atoms with Gasteiger partial charge in [0.05, 0.1) is 0 Å². The largest absolute Gasteiger partial charge is 0.520 e. The Kier molecular flexibility index (Phi) is 16.6. The van der Waals surface area contributed by atoms with E-state index in [1.807, 2.05) is 0 Å². The molecular formula is C23H48O2Si. The average molecular weight is 385 g/mol. The van der Waals surface area contributed by atoms with Crippen molar-refractivity contribution in [3.05, 3.63) is 0 Å². The zero-order chi connectivity index (χ0) is 19.7. The molecule has 0 aromatic heterocycles. The summed E-state index contributed by atoms with van der Waals surface area (Å²) in [5.74, 6) is 0.922. The molecule has 0 aliphatic heterocycles. The summed E-state index contributed by atoms with van der Waals surface area (Å²) in [6.45, 7) is 10.9. The highest BCUT2D eigenvalue weighted by Crippen LogP contribution is 2.19. The standard InChI is InChI=1S/C23H48O2Si/c1-6-7-8-9-10-13-16-19-22(2)20-17-14-11-12-15-18-21-23(24)25-26(3,4)5/h22H,6-21H2,1-5H3. The summed E-state index contributed by atoms with van der Waals surface area (Å²) in [7, 11) is -1.69. The van der Waals surface area contributed by atoms with Crippen LogP contribution in [0.1, 0.15) is 117 Å². The minimum Gasteiger partial charge on any atom is -0.520 e. The van der Waals surface area contributed by atoms with Crippen LogP contribution in [0.2, 0.25) is 19.6 Å². The second-order valence-electron chi connectivity index (χ2n) is 9.26. The summed E-state index contributed by atoms with van der Waals surface area (Å²) in [5.41, 5.74) is 0. The summed E-state index contributed by atoms with van der Waals surface area (Å²) < 4.78 is 5.47. The molecule has 0 saturated heterocycles. The van der Waals surface area contributed by atoms with E-state index in [0.717, 1.165) is 12.3 Å². The maximum absolute atomic E-state index is 11.7. The predicted octanol–water partition coefficient (Wildman–Crippen LogP) is 8.26. The fourth-order valence-corrected chi connectivity index (χ4v) is 4.24. The topological polar surface area (TPSA) is 26.3 Å². The first kappa shape index (κ1) is 25.7. The minimum absolute atomic E-state index is 0.0170. The Balaban J connectivity index is 3.30. The van der Waals surface area contributed by atoms with Crippen molar-refractivity contribution in [2.75, 3.05) is 0 Å². The average Bonchev–Trinajstić information content (AvgIpc) is 2.54. The lowest BCUT2D eigenvalue weighted by atomic mass is 9.96. The zero-order valence-corrected chi connectivity index (χ0v) is 19.7. The molecule has 0 radical (unpaired) electrons. The molecule has 3 heteroatoms. The number of hydrogen-bond acceptors (Lipinski definition) is 2. The summed E-state index contributed by atoms with van der Waals surface area (Å²) >= 11 is 0. The molecule has 0 rings (SSSR count). The highest BCUT2D eigenvalue weighted by Gasteiger charge is 2.19. The molecule has 0 heterocycles. The normalized spacial score (nSPS) is 13.0. The molecule has 0 aromatic carbocycles. The first-order chi connectivity index (χ1) is 12.3. The van der Waals surface area contributed by atoms with Crippen molar-refractivity contribution in [1.29, 1.82) is 0 Å². The maximum Gasteiger partial charge on any atom is 0.292 e. The predicted molar refractivity (Wildman–Crippen MR) is 118 cm³/mol. The van der Waals surface area contributed by atoms with Crippen LogP contribution in [-0.4, -0.2) is 14.3 Å². The molecule has 0 aromatic rings. The molecular weight excluding hydrogens is 336 g/mol. The van der Waals surface area contributed by atoms with Crippen LogP contribution in [0.4, 0.5) is 0 Å². The van der Waals surface area contributed by atoms with Gasteiger partial charge < -0.3 is 4.43 Å². The number of unbranched alkanes of at least 4 members (excludes halogenated alkanes) is 11. The van der Waals surface area contributed by atoms with Crippen molar-refractivity contribution in [1.82, 2.24) is 0 Å². The van der Waals surface area contributed by atoms with Crippen LogP contribution >= 0.6 is 0 Å². The Bertz CT molecular complexity index is 323. The number of rotatable bonds is 18. The van der Waals surface area contributed by atoms with Crippen molar-refractivity contribution >= 4 is 14.3 Å². The third-order valence-electron chi connectivity index (χ3n) is 5.05. The summed E-state index contributed by atoms with van der Waals surface area (Å²) in [6, 6.07) is 0. The molecule has 0 N–H and O–H groups in total. The molecule has 0 aliphatic carbocycles. The van der Waals surface area contributed by atoms with Gasteiger partial charge in [0, 0.05) is 6.42 Å². The van der Waals surface area contributed by atoms with Gasteiger partial charge in [-0.25, -0.2) is 0 Å². The van der Waals surface area contributed by atoms with Gasteiger partial charge in [-0.05, 0) is 32.0 Å². The molecule has 1 unspecified atom stereocenters. The molecule has 0 spiro atoms. The van der Waals surface area contributed by atoms with Crippen LogP contribution in [0.3, 0.4) is 0 Å². The number of carbonyl (C=O) groups is 1. The van der Waals surface area contributed by atoms with E-state index in [1.165, 1.54) is 89.9 Å². The molecule has 156 valence electrons. The second-order valence-corrected chi connectivity index (χ2v) is 13.7. The van der Waals surface area contributed by atoms with Crippen molar-refractivity contribution in [2.45, 2.75) is 136 Å². The fraction of sp³-hybridized carbons (Fsp3) is 0.957. The maximum atomic E-state index is 11.7. The SMILES string of the molecule is CCCCCCCCCC(C)CCCCCCCCC(=O)O[Si](C)(C)C. The molecule has 2 nitrogen and oxygen atoms in total. The van der Waals surface area contributed by atoms with E-state index in [9.17, 15) is 4.79 Å². The van der Waals surface area contributed by atoms with Gasteiger partial charge in [0.15, 0.2) is 0 Å². The van der Waals surface area contributed by atoms with Gasteiger partial charge in [-0.15, -0.1) is 0 Å². The van der Waals surface area contributed by atoms with E-state index in [-0.39, 0.29) is 5.97 Å². The van der Waals surface area contributed by atoms with Gasteiger partial charge in [0.25, 0.3) is 5.97 Å². The van der Waals surface area contributed by atoms with Crippen molar-refractivity contribution < 1.29 is 9.22 Å². The molecule has 26 heavy (non-hydrogen) atoms. The molecule has 0 saturated carbocycles. The van der Waals surface area contributed by atoms with Gasteiger partial charge in [-0.2, -0.15) is 0 Å². The zero-order valence-electron chi connectivity index (χ0n) is 18.7. The Hall–Kier alpha value is -0.313. The highest BCUT2D eigenvalue weighted by atomic mass is 28.4. The lowest BCUT2D eigenvalue weighted by Crippen LogP contribution is -2.28. The second kappa shape index (κ2) is 16.8. The van der Waals surface area contributed by atoms with Gasteiger partial charge in [0.1, 0.15) is 0 Å². The minimum atomic E-state index is -1.69. The van der Waals surface area contributed by atoms with Crippen LogP contribution in [0, 0.1) is 5.92 Å². The molecule has 0 fully saturated rings. The number of hydrogen-bond donors (Lipinski definition) is 0. The van der Waals surface area contributed by atoms with Crippen LogP contribution in [0.25, 0.3) is 0 Å². The van der Waals surface area contributed by atoms with Crippen LogP contribution in [0.5, 0.6) is 0 Å². The van der Waals surface area contributed by atoms with Gasteiger partial charge >= 0.3 is 0 Å². The molecule has 0 amide bonds. The Morgan fingerprint density at radius 2 is 1.15 bits per heavy atom. The molecule has 0 aliphatic rings. The lowest BCUT2D eigenvalue weighted by molar-refractivity contribution is -0.135. The smallest absolute Gasteiger partial charge is 0.292 e. The van der Waals surface area contributed by atoms with Crippen molar-refractivity contribution in [3.63, 3.8) is 0 Å². The van der Waals surface area contributed by atoms with E-state index in [4.69, 9.17) is 4.43 Å². The van der Waals surface area contributed by atoms with E-state index in [1.54, 1.807) is 0 Å². The summed E-state index contributed by atoms with van der Waals surface area (Å²) in [5, 5.41) is 0. The quantitative estimate of drug-likeness (QED) is 0.175. The van der Waals surface area contributed by atoms with Crippen LogP contribution in [0.15, 0.2) is 0 Å². The van der Waals surface area contributed by atoms with Crippen molar-refractivity contribution in [2.24, 2.45) is 5.92 Å². The van der Waals surface area contributed by atoms with Crippen molar-refractivity contribution in [3.8, 4) is 0 Å². The van der Waals surface area contributed by atoms with E-state index < -0.39 is 8.32 Å². The lowest BCUT2D eigenvalue weighted by Gasteiger charge is -2.17. The van der Waals surface area contributed by atoms with Crippen LogP contribution < -0.4 is 0 Å². The Morgan fingerprint density at radius 1 is 0.731 bits per heavy atom. The summed E-state index contributed by atoms with van der Waals surface area (Å²) in [4.78, 5) is 11.7. The molecule has 0 bridgehead atoms. The van der Waals surface area contributed by atoms with Gasteiger partial charge in [-0.1, -0.05) is 104 Å². The third-order valence-corrected chi connectivity index (χ3v) is 5.89. The Labute approximate surface area is 166 Å². The van der Waals surface area contributed by atoms with E-state index in [0.29, 0.717) is 6.42 Å². The van der Waals surface area contributed by atoms with Gasteiger partial charge in [-0.3, -0.25) is 4.79 Å². The first-order valence-electron chi connectivity index (χ1n) is 11.6. The highest BCUT2D eigenvalue weighted by molar-refractivity contribution is 6.71. The summed E-state index contributed by atoms with van der Waals surface area (Å²) in [6.07, 6.45) is 20.9. The Morgan fingerprint density at radius 3 is 1.62 bits per heavy atom. The fourth-order valence-electron chi connectivity index (χ4n) is 3.46. The van der Waals surface area contributed by atoms with E-state index >= 15 is 0 Å². The van der Waals surface area contributed by atoms with Crippen LogP contribution in [-0.2, 0) is 9.22 Å². The van der Waals surface area contributed by atoms with E-state index in [2.05, 4.69) is 33.5 Å².